The Morgan fingerprint density at radius 2 is 2.11 bits per heavy atom. The van der Waals surface area contributed by atoms with Gasteiger partial charge in [0, 0.05) is 24.2 Å². The predicted molar refractivity (Wildman–Crippen MR) is 72.4 cm³/mol. The van der Waals surface area contributed by atoms with Gasteiger partial charge in [-0.2, -0.15) is 0 Å². The largest absolute Gasteiger partial charge is 0.497 e. The van der Waals surface area contributed by atoms with Gasteiger partial charge in [-0.15, -0.1) is 0 Å². The summed E-state index contributed by atoms with van der Waals surface area (Å²) in [5.74, 6) is 1.57. The van der Waals surface area contributed by atoms with Crippen molar-refractivity contribution in [2.75, 3.05) is 20.8 Å². The number of nitrogens with one attached hydrogen (secondary N) is 2. The Hall–Kier alpha value is -1.75. The molecule has 0 aliphatic heterocycles. The lowest BCUT2D eigenvalue weighted by molar-refractivity contribution is -0.120. The number of amides is 1. The minimum Gasteiger partial charge on any atom is -0.497 e. The average molecular weight is 264 g/mol. The summed E-state index contributed by atoms with van der Waals surface area (Å²) < 4.78 is 10.4. The normalized spacial score (nSPS) is 14.0. The molecule has 0 radical (unpaired) electrons. The van der Waals surface area contributed by atoms with Crippen molar-refractivity contribution in [3.8, 4) is 11.5 Å². The molecule has 2 rings (SSSR count). The van der Waals surface area contributed by atoms with Crippen LogP contribution in [-0.4, -0.2) is 32.7 Å². The number of hydrogen-bond acceptors (Lipinski definition) is 4. The maximum absolute atomic E-state index is 11.5. The van der Waals surface area contributed by atoms with Crippen LogP contribution in [-0.2, 0) is 11.3 Å². The summed E-state index contributed by atoms with van der Waals surface area (Å²) in [7, 11) is 3.24. The van der Waals surface area contributed by atoms with Gasteiger partial charge in [0.05, 0.1) is 20.8 Å². The Kier molecular flexibility index (Phi) is 4.63. The lowest BCUT2D eigenvalue weighted by Crippen LogP contribution is -2.34. The molecule has 5 nitrogen and oxygen atoms in total. The van der Waals surface area contributed by atoms with Crippen LogP contribution in [0.4, 0.5) is 0 Å². The van der Waals surface area contributed by atoms with E-state index in [0.717, 1.165) is 29.9 Å². The highest BCUT2D eigenvalue weighted by atomic mass is 16.5. The topological polar surface area (TPSA) is 59.6 Å². The molecule has 5 heteroatoms. The number of carbonyl (C=O) groups excluding carboxylic acids is 1. The molecule has 1 aromatic carbocycles. The lowest BCUT2D eigenvalue weighted by Gasteiger charge is -2.11. The van der Waals surface area contributed by atoms with Crippen molar-refractivity contribution in [2.24, 2.45) is 0 Å². The van der Waals surface area contributed by atoms with Crippen LogP contribution in [0.5, 0.6) is 11.5 Å². The maximum atomic E-state index is 11.5. The van der Waals surface area contributed by atoms with Crippen molar-refractivity contribution in [3.63, 3.8) is 0 Å². The van der Waals surface area contributed by atoms with Crippen LogP contribution < -0.4 is 20.1 Å². The molecule has 1 amide bonds. The van der Waals surface area contributed by atoms with Gasteiger partial charge in [-0.1, -0.05) is 6.07 Å². The van der Waals surface area contributed by atoms with Crippen molar-refractivity contribution in [3.05, 3.63) is 23.8 Å². The summed E-state index contributed by atoms with van der Waals surface area (Å²) in [6.07, 6.45) is 2.22. The summed E-state index contributed by atoms with van der Waals surface area (Å²) in [6, 6.07) is 6.05. The van der Waals surface area contributed by atoms with E-state index < -0.39 is 0 Å². The van der Waals surface area contributed by atoms with Crippen LogP contribution in [0.1, 0.15) is 18.4 Å². The van der Waals surface area contributed by atoms with Gasteiger partial charge in [0.2, 0.25) is 5.91 Å². The summed E-state index contributed by atoms with van der Waals surface area (Å²) in [4.78, 5) is 11.5. The molecule has 0 bridgehead atoms. The third kappa shape index (κ3) is 4.13. The van der Waals surface area contributed by atoms with Gasteiger partial charge in [0.1, 0.15) is 11.5 Å². The van der Waals surface area contributed by atoms with E-state index in [1.165, 1.54) is 0 Å². The Balaban J connectivity index is 1.82. The third-order valence-electron chi connectivity index (χ3n) is 3.04. The van der Waals surface area contributed by atoms with E-state index in [1.54, 1.807) is 14.2 Å². The summed E-state index contributed by atoms with van der Waals surface area (Å²) >= 11 is 0. The Labute approximate surface area is 113 Å². The van der Waals surface area contributed by atoms with Crippen molar-refractivity contribution in [1.82, 2.24) is 10.6 Å². The van der Waals surface area contributed by atoms with Crippen molar-refractivity contribution >= 4 is 5.91 Å². The zero-order valence-corrected chi connectivity index (χ0v) is 11.4. The van der Waals surface area contributed by atoms with Crippen LogP contribution >= 0.6 is 0 Å². The molecular weight excluding hydrogens is 244 g/mol. The summed E-state index contributed by atoms with van der Waals surface area (Å²) in [5.41, 5.74) is 1.00. The van der Waals surface area contributed by atoms with Crippen LogP contribution in [0.3, 0.4) is 0 Å². The van der Waals surface area contributed by atoms with Gasteiger partial charge in [0.15, 0.2) is 0 Å². The number of carbonyl (C=O) groups is 1. The molecular formula is C14H20N2O3. The van der Waals surface area contributed by atoms with Crippen LogP contribution in [0.15, 0.2) is 18.2 Å². The molecule has 1 fully saturated rings. The molecule has 0 unspecified atom stereocenters. The monoisotopic (exact) mass is 264 g/mol. The van der Waals surface area contributed by atoms with Crippen LogP contribution in [0.2, 0.25) is 0 Å². The van der Waals surface area contributed by atoms with E-state index >= 15 is 0 Å². The minimum absolute atomic E-state index is 0.0509. The second-order valence-corrected chi connectivity index (χ2v) is 4.62. The molecule has 1 aliphatic carbocycles. The molecule has 1 aliphatic rings. The van der Waals surface area contributed by atoms with Gasteiger partial charge < -0.3 is 20.1 Å². The molecule has 19 heavy (non-hydrogen) atoms. The zero-order chi connectivity index (χ0) is 13.7. The number of ether oxygens (including phenoxy) is 2. The SMILES string of the molecule is COc1ccc(CNCC(=O)NC2CC2)c(OC)c1. The smallest absolute Gasteiger partial charge is 0.234 e. The fourth-order valence-electron chi connectivity index (χ4n) is 1.81. The van der Waals surface area contributed by atoms with Crippen molar-refractivity contribution in [2.45, 2.75) is 25.4 Å². The molecule has 0 saturated heterocycles. The van der Waals surface area contributed by atoms with Gasteiger partial charge in [-0.3, -0.25) is 4.79 Å². The first-order valence-electron chi connectivity index (χ1n) is 6.44. The molecule has 1 aromatic rings. The number of methoxy groups -OCH3 is 2. The fraction of sp³-hybridized carbons (Fsp3) is 0.500. The second-order valence-electron chi connectivity index (χ2n) is 4.62. The molecule has 2 N–H and O–H groups in total. The molecule has 104 valence electrons. The van der Waals surface area contributed by atoms with E-state index in [1.807, 2.05) is 18.2 Å². The minimum atomic E-state index is 0.0509. The van der Waals surface area contributed by atoms with E-state index in [0.29, 0.717) is 19.1 Å². The van der Waals surface area contributed by atoms with Crippen LogP contribution in [0, 0.1) is 0 Å². The van der Waals surface area contributed by atoms with Gasteiger partial charge in [-0.05, 0) is 18.9 Å². The molecule has 1 saturated carbocycles. The van der Waals surface area contributed by atoms with E-state index in [9.17, 15) is 4.79 Å². The predicted octanol–water partition coefficient (Wildman–Crippen LogP) is 1.07. The highest BCUT2D eigenvalue weighted by molar-refractivity contribution is 5.78. The lowest BCUT2D eigenvalue weighted by atomic mass is 10.2. The van der Waals surface area contributed by atoms with Gasteiger partial charge in [0.25, 0.3) is 0 Å². The Bertz CT molecular complexity index is 444. The van der Waals surface area contributed by atoms with Gasteiger partial charge in [-0.25, -0.2) is 0 Å². The summed E-state index contributed by atoms with van der Waals surface area (Å²) in [5, 5.41) is 6.05. The average Bonchev–Trinajstić information content (AvgIpc) is 3.22. The standard InChI is InChI=1S/C14H20N2O3/c1-18-12-6-3-10(13(7-12)19-2)8-15-9-14(17)16-11-4-5-11/h3,6-7,11,15H,4-5,8-9H2,1-2H3,(H,16,17). The molecule has 0 aromatic heterocycles. The molecule has 0 spiro atoms. The van der Waals surface area contributed by atoms with Gasteiger partial charge >= 0.3 is 0 Å². The first kappa shape index (κ1) is 13.7. The zero-order valence-electron chi connectivity index (χ0n) is 11.4. The number of rotatable bonds is 7. The van der Waals surface area contributed by atoms with E-state index in [-0.39, 0.29) is 5.91 Å². The quantitative estimate of drug-likeness (QED) is 0.773. The number of hydrogen-bond donors (Lipinski definition) is 2. The van der Waals surface area contributed by atoms with Crippen molar-refractivity contribution < 1.29 is 14.3 Å². The maximum Gasteiger partial charge on any atom is 0.234 e. The Morgan fingerprint density at radius 3 is 2.74 bits per heavy atom. The fourth-order valence-corrected chi connectivity index (χ4v) is 1.81. The first-order chi connectivity index (χ1) is 9.22. The van der Waals surface area contributed by atoms with Crippen molar-refractivity contribution in [1.29, 1.82) is 0 Å². The first-order valence-corrected chi connectivity index (χ1v) is 6.44. The Morgan fingerprint density at radius 1 is 1.32 bits per heavy atom. The molecule has 0 atom stereocenters. The van der Waals surface area contributed by atoms with E-state index in [2.05, 4.69) is 10.6 Å². The highest BCUT2D eigenvalue weighted by Crippen LogP contribution is 2.24. The highest BCUT2D eigenvalue weighted by Gasteiger charge is 2.22. The second kappa shape index (κ2) is 6.43. The molecule has 0 heterocycles. The third-order valence-corrected chi connectivity index (χ3v) is 3.04. The van der Waals surface area contributed by atoms with E-state index in [4.69, 9.17) is 9.47 Å². The van der Waals surface area contributed by atoms with Crippen LogP contribution in [0.25, 0.3) is 0 Å². The number of benzene rings is 1. The summed E-state index contributed by atoms with van der Waals surface area (Å²) in [6.45, 7) is 0.914.